The molecular formula is C20H24N2O12P2-2. The van der Waals surface area contributed by atoms with Crippen LogP contribution in [-0.4, -0.2) is 47.4 Å². The predicted molar refractivity (Wildman–Crippen MR) is 117 cm³/mol. The summed E-state index contributed by atoms with van der Waals surface area (Å²) in [5.74, 6) is 0. The first-order chi connectivity index (χ1) is 17.1. The van der Waals surface area contributed by atoms with Gasteiger partial charge in [-0.05, 0) is 12.0 Å². The van der Waals surface area contributed by atoms with Gasteiger partial charge in [-0.1, -0.05) is 37.3 Å². The fourth-order valence-corrected chi connectivity index (χ4v) is 5.92. The molecule has 14 nitrogen and oxygen atoms in total. The van der Waals surface area contributed by atoms with Crippen molar-refractivity contribution in [3.63, 3.8) is 0 Å². The average molecular weight is 546 g/mol. The highest BCUT2D eigenvalue weighted by Crippen LogP contribution is 2.56. The van der Waals surface area contributed by atoms with Gasteiger partial charge in [0.15, 0.2) is 12.5 Å². The normalized spacial score (nSPS) is 28.9. The molecule has 0 aliphatic carbocycles. The van der Waals surface area contributed by atoms with Gasteiger partial charge >= 0.3 is 5.69 Å². The molecule has 4 unspecified atom stereocenters. The standard InChI is InChI=1S/C20H26N2O12P2/c1-2-10-29-35(25,26)34-36(27,28)30-12-14-17-18(19(31-14)22-9-8-15(23)21-20(22)24)33-16(32-17)11-13-6-4-3-5-7-13/h3-9,14,16-19H,2,10-12H2,1H3,(H,25,26)(H,27,28)(H,21,23,24)/p-2/t14-,16?,17+,18?,19-/m1/s1. The van der Waals surface area contributed by atoms with E-state index in [1.165, 1.54) is 6.20 Å². The Bertz CT molecular complexity index is 1250. The van der Waals surface area contributed by atoms with Crippen LogP contribution >= 0.6 is 15.6 Å². The van der Waals surface area contributed by atoms with E-state index in [0.717, 1.165) is 16.2 Å². The zero-order valence-corrected chi connectivity index (χ0v) is 20.8. The third-order valence-corrected chi connectivity index (χ3v) is 7.89. The lowest BCUT2D eigenvalue weighted by molar-refractivity contribution is -0.245. The van der Waals surface area contributed by atoms with Crippen molar-refractivity contribution in [3.8, 4) is 0 Å². The molecule has 2 saturated heterocycles. The van der Waals surface area contributed by atoms with Crippen molar-refractivity contribution in [1.29, 1.82) is 0 Å². The molecule has 16 heteroatoms. The second-order valence-electron chi connectivity index (χ2n) is 8.01. The number of hydrogen-bond acceptors (Lipinski definition) is 12. The maximum Gasteiger partial charge on any atom is 0.330 e. The van der Waals surface area contributed by atoms with Crippen molar-refractivity contribution in [1.82, 2.24) is 9.55 Å². The Morgan fingerprint density at radius 2 is 1.69 bits per heavy atom. The molecule has 198 valence electrons. The van der Waals surface area contributed by atoms with E-state index in [9.17, 15) is 28.5 Å². The smallest absolute Gasteiger partial charge is 0.330 e. The van der Waals surface area contributed by atoms with E-state index in [-0.39, 0.29) is 6.61 Å². The quantitative estimate of drug-likeness (QED) is 0.377. The van der Waals surface area contributed by atoms with Gasteiger partial charge in [-0.15, -0.1) is 0 Å². The van der Waals surface area contributed by atoms with Crippen molar-refractivity contribution in [2.24, 2.45) is 0 Å². The molecule has 2 fully saturated rings. The Kier molecular flexibility index (Phi) is 8.42. The molecule has 7 atom stereocenters. The van der Waals surface area contributed by atoms with E-state index in [1.807, 2.05) is 30.3 Å². The number of hydrogen-bond donors (Lipinski definition) is 1. The molecule has 4 rings (SSSR count). The minimum Gasteiger partial charge on any atom is -0.756 e. The lowest BCUT2D eigenvalue weighted by atomic mass is 10.1. The topological polar surface area (TPSA) is 190 Å². The van der Waals surface area contributed by atoms with Gasteiger partial charge in [-0.2, -0.15) is 0 Å². The first-order valence-electron chi connectivity index (χ1n) is 11.0. The molecule has 0 spiro atoms. The van der Waals surface area contributed by atoms with E-state index in [1.54, 1.807) is 6.92 Å². The Labute approximate surface area is 204 Å². The van der Waals surface area contributed by atoms with Crippen LogP contribution in [0.15, 0.2) is 52.2 Å². The van der Waals surface area contributed by atoms with Crippen LogP contribution < -0.4 is 21.0 Å². The minimum atomic E-state index is -5.36. The van der Waals surface area contributed by atoms with E-state index in [2.05, 4.69) is 13.8 Å². The summed E-state index contributed by atoms with van der Waals surface area (Å²) in [7, 11) is -10.5. The van der Waals surface area contributed by atoms with Crippen molar-refractivity contribution in [2.75, 3.05) is 13.2 Å². The summed E-state index contributed by atoms with van der Waals surface area (Å²) in [4.78, 5) is 49.8. The second-order valence-corrected chi connectivity index (χ2v) is 11.0. The molecule has 2 aromatic rings. The van der Waals surface area contributed by atoms with Crippen LogP contribution in [0.2, 0.25) is 0 Å². The number of aromatic amines is 1. The molecule has 2 aliphatic rings. The molecule has 0 amide bonds. The molecule has 1 N–H and O–H groups in total. The predicted octanol–water partition coefficient (Wildman–Crippen LogP) is 0.183. The molecule has 2 aliphatic heterocycles. The summed E-state index contributed by atoms with van der Waals surface area (Å²) in [6, 6.07) is 10.4. The Morgan fingerprint density at radius 1 is 1.00 bits per heavy atom. The number of benzene rings is 1. The zero-order chi connectivity index (χ0) is 25.9. The summed E-state index contributed by atoms with van der Waals surface area (Å²) in [6.45, 7) is 0.658. The number of phosphoric acid groups is 2. The zero-order valence-electron chi connectivity index (χ0n) is 19.0. The van der Waals surface area contributed by atoms with Crippen molar-refractivity contribution < 1.29 is 46.5 Å². The van der Waals surface area contributed by atoms with Crippen LogP contribution in [0, 0.1) is 0 Å². The lowest BCUT2D eigenvalue weighted by Crippen LogP contribution is -2.36. The number of H-pyrrole nitrogens is 1. The highest BCUT2D eigenvalue weighted by Gasteiger charge is 2.54. The number of rotatable bonds is 11. The lowest BCUT2D eigenvalue weighted by Gasteiger charge is -2.31. The van der Waals surface area contributed by atoms with E-state index in [0.29, 0.717) is 12.8 Å². The molecule has 1 aromatic carbocycles. The van der Waals surface area contributed by atoms with Crippen LogP contribution in [0.4, 0.5) is 0 Å². The number of fused-ring (bicyclic) bond motifs is 1. The molecule has 0 bridgehead atoms. The second kappa shape index (κ2) is 11.2. The number of aromatic nitrogens is 2. The number of ether oxygens (including phenoxy) is 3. The van der Waals surface area contributed by atoms with Gasteiger partial charge in [-0.25, -0.2) is 9.11 Å². The minimum absolute atomic E-state index is 0.264. The van der Waals surface area contributed by atoms with E-state index < -0.39 is 64.3 Å². The summed E-state index contributed by atoms with van der Waals surface area (Å²) >= 11 is 0. The van der Waals surface area contributed by atoms with Crippen molar-refractivity contribution in [2.45, 2.75) is 50.6 Å². The van der Waals surface area contributed by atoms with Crippen LogP contribution in [0.3, 0.4) is 0 Å². The number of nitrogens with one attached hydrogen (secondary N) is 1. The Balaban J connectivity index is 1.50. The molecule has 3 heterocycles. The molecule has 36 heavy (non-hydrogen) atoms. The molecule has 0 saturated carbocycles. The maximum atomic E-state index is 12.4. The Hall–Kier alpha value is -1.96. The summed E-state index contributed by atoms with van der Waals surface area (Å²) in [5.41, 5.74) is -0.487. The maximum absolute atomic E-state index is 12.4. The van der Waals surface area contributed by atoms with Gasteiger partial charge in [0.1, 0.15) is 18.3 Å². The van der Waals surface area contributed by atoms with E-state index in [4.69, 9.17) is 18.7 Å². The van der Waals surface area contributed by atoms with Gasteiger partial charge in [0, 0.05) is 18.7 Å². The van der Waals surface area contributed by atoms with Gasteiger partial charge in [0.25, 0.3) is 21.2 Å². The van der Waals surface area contributed by atoms with Crippen molar-refractivity contribution >= 4 is 15.6 Å². The monoisotopic (exact) mass is 546 g/mol. The van der Waals surface area contributed by atoms with Gasteiger partial charge < -0.3 is 33.0 Å². The van der Waals surface area contributed by atoms with Gasteiger partial charge in [0.05, 0.1) is 13.2 Å². The van der Waals surface area contributed by atoms with Crippen molar-refractivity contribution in [3.05, 3.63) is 69.0 Å². The third kappa shape index (κ3) is 6.67. The average Bonchev–Trinajstić information content (AvgIpc) is 3.35. The third-order valence-electron chi connectivity index (χ3n) is 5.32. The number of phosphoric ester groups is 2. The largest absolute Gasteiger partial charge is 0.756 e. The van der Waals surface area contributed by atoms with Gasteiger partial charge in [0.2, 0.25) is 0 Å². The number of nitrogens with zero attached hydrogens (tertiary/aromatic N) is 1. The van der Waals surface area contributed by atoms with Crippen LogP contribution in [-0.2, 0) is 43.1 Å². The Morgan fingerprint density at radius 3 is 2.39 bits per heavy atom. The van der Waals surface area contributed by atoms with Gasteiger partial charge in [-0.3, -0.25) is 23.5 Å². The fraction of sp³-hybridized carbons (Fsp3) is 0.500. The SMILES string of the molecule is CCCOP(=O)([O-])OP(=O)([O-])OC[C@H]1O[C@@H](n2ccc(=O)[nH]c2=O)C2OC(Cc3ccccc3)O[C@H]21. The summed E-state index contributed by atoms with van der Waals surface area (Å²) in [6.07, 6.45) is -2.85. The molecule has 1 aromatic heterocycles. The van der Waals surface area contributed by atoms with Crippen LogP contribution in [0.25, 0.3) is 0 Å². The van der Waals surface area contributed by atoms with E-state index >= 15 is 0 Å². The first-order valence-corrected chi connectivity index (χ1v) is 13.9. The van der Waals surface area contributed by atoms with Crippen LogP contribution in [0.5, 0.6) is 0 Å². The van der Waals surface area contributed by atoms with Crippen LogP contribution in [0.1, 0.15) is 25.1 Å². The first kappa shape index (κ1) is 27.1. The molecule has 0 radical (unpaired) electrons. The highest BCUT2D eigenvalue weighted by molar-refractivity contribution is 7.59. The summed E-state index contributed by atoms with van der Waals surface area (Å²) < 4.78 is 55.8. The summed E-state index contributed by atoms with van der Waals surface area (Å²) in [5, 5.41) is 0. The fourth-order valence-electron chi connectivity index (χ4n) is 3.83. The highest BCUT2D eigenvalue weighted by atomic mass is 31.3. The molecular weight excluding hydrogens is 522 g/mol.